The minimum atomic E-state index is -1.40. The molecule has 0 unspecified atom stereocenters. The van der Waals surface area contributed by atoms with Crippen molar-refractivity contribution in [2.24, 2.45) is 0 Å². The molecule has 0 heterocycles. The van der Waals surface area contributed by atoms with Gasteiger partial charge in [-0.1, -0.05) is 12.1 Å². The highest BCUT2D eigenvalue weighted by Crippen LogP contribution is 2.21. The van der Waals surface area contributed by atoms with Crippen LogP contribution in [-0.4, -0.2) is 18.2 Å². The van der Waals surface area contributed by atoms with E-state index in [0.717, 1.165) is 6.08 Å². The minimum Gasteiger partial charge on any atom is -0.494 e. The van der Waals surface area contributed by atoms with Gasteiger partial charge >= 0.3 is 5.97 Å². The Hall–Kier alpha value is -2.35. The molecule has 0 saturated carbocycles. The molecule has 0 aliphatic rings. The van der Waals surface area contributed by atoms with Gasteiger partial charge in [0.1, 0.15) is 11.6 Å². The molecule has 5 heteroatoms. The zero-order valence-electron chi connectivity index (χ0n) is 8.40. The molecule has 1 aromatic rings. The molecule has 0 aliphatic carbocycles. The molecule has 0 saturated heterocycles. The molecule has 0 amide bonds. The van der Waals surface area contributed by atoms with Gasteiger partial charge < -0.3 is 9.84 Å². The predicted molar refractivity (Wildman–Crippen MR) is 54.2 cm³/mol. The molecule has 0 spiro atoms. The van der Waals surface area contributed by atoms with Gasteiger partial charge in [-0.05, 0) is 12.1 Å². The van der Waals surface area contributed by atoms with E-state index in [1.165, 1.54) is 31.4 Å². The van der Waals surface area contributed by atoms with Crippen molar-refractivity contribution < 1.29 is 19.0 Å². The number of hydrogen-bond acceptors (Lipinski definition) is 3. The highest BCUT2D eigenvalue weighted by atomic mass is 19.1. The van der Waals surface area contributed by atoms with Crippen LogP contribution in [0.25, 0.3) is 6.08 Å². The average molecular weight is 221 g/mol. The fourth-order valence-corrected chi connectivity index (χ4v) is 1.09. The van der Waals surface area contributed by atoms with Crippen molar-refractivity contribution in [1.29, 1.82) is 5.26 Å². The fourth-order valence-electron chi connectivity index (χ4n) is 1.09. The van der Waals surface area contributed by atoms with E-state index in [2.05, 4.69) is 0 Å². The molecule has 0 aromatic heterocycles. The maximum absolute atomic E-state index is 13.6. The topological polar surface area (TPSA) is 70.3 Å². The molecule has 16 heavy (non-hydrogen) atoms. The second kappa shape index (κ2) is 4.94. The van der Waals surface area contributed by atoms with E-state index >= 15 is 0 Å². The van der Waals surface area contributed by atoms with E-state index in [1.54, 1.807) is 0 Å². The van der Waals surface area contributed by atoms with Crippen molar-refractivity contribution in [2.45, 2.75) is 0 Å². The number of carboxylic acid groups (broad SMARTS) is 1. The summed E-state index contributed by atoms with van der Waals surface area (Å²) in [6.45, 7) is 0. The van der Waals surface area contributed by atoms with Gasteiger partial charge in [-0.15, -0.1) is 0 Å². The van der Waals surface area contributed by atoms with E-state index in [4.69, 9.17) is 15.1 Å². The first-order valence-corrected chi connectivity index (χ1v) is 4.27. The third-order valence-electron chi connectivity index (χ3n) is 1.86. The number of benzene rings is 1. The summed E-state index contributed by atoms with van der Waals surface area (Å²) in [7, 11) is 1.30. The number of carbonyl (C=O) groups is 1. The first-order chi connectivity index (χ1) is 7.60. The number of nitrogens with zero attached hydrogens (tertiary/aromatic N) is 1. The lowest BCUT2D eigenvalue weighted by molar-refractivity contribution is -0.132. The Kier molecular flexibility index (Phi) is 3.62. The highest BCUT2D eigenvalue weighted by Gasteiger charge is 2.10. The van der Waals surface area contributed by atoms with Gasteiger partial charge in [0.2, 0.25) is 0 Å². The third kappa shape index (κ3) is 2.36. The van der Waals surface area contributed by atoms with Crippen LogP contribution >= 0.6 is 0 Å². The van der Waals surface area contributed by atoms with E-state index in [9.17, 15) is 9.18 Å². The SMILES string of the molecule is COc1cccc(/C=C(\C#N)C(=O)O)c1F. The quantitative estimate of drug-likeness (QED) is 0.624. The Morgan fingerprint density at radius 3 is 2.81 bits per heavy atom. The van der Waals surface area contributed by atoms with Crippen LogP contribution in [0.4, 0.5) is 4.39 Å². The van der Waals surface area contributed by atoms with Crippen LogP contribution in [0.2, 0.25) is 0 Å². The van der Waals surface area contributed by atoms with Gasteiger partial charge in [-0.3, -0.25) is 0 Å². The Balaban J connectivity index is 3.25. The Labute approximate surface area is 91.2 Å². The fraction of sp³-hybridized carbons (Fsp3) is 0.0909. The molecule has 0 atom stereocenters. The van der Waals surface area contributed by atoms with Crippen molar-refractivity contribution in [3.8, 4) is 11.8 Å². The number of ether oxygens (including phenoxy) is 1. The van der Waals surface area contributed by atoms with Gasteiger partial charge in [0.25, 0.3) is 0 Å². The van der Waals surface area contributed by atoms with Crippen molar-refractivity contribution >= 4 is 12.0 Å². The number of halogens is 1. The Bertz CT molecular complexity index is 488. The maximum Gasteiger partial charge on any atom is 0.346 e. The molecule has 0 aliphatic heterocycles. The molecule has 0 bridgehead atoms. The zero-order valence-corrected chi connectivity index (χ0v) is 8.40. The molecule has 0 radical (unpaired) electrons. The van der Waals surface area contributed by atoms with Gasteiger partial charge in [-0.25, -0.2) is 9.18 Å². The van der Waals surface area contributed by atoms with Crippen molar-refractivity contribution in [2.75, 3.05) is 7.11 Å². The van der Waals surface area contributed by atoms with Crippen molar-refractivity contribution in [3.05, 3.63) is 35.2 Å². The van der Waals surface area contributed by atoms with Crippen LogP contribution in [0.5, 0.6) is 5.75 Å². The van der Waals surface area contributed by atoms with Crippen LogP contribution in [0.3, 0.4) is 0 Å². The van der Waals surface area contributed by atoms with E-state index in [-0.39, 0.29) is 11.3 Å². The van der Waals surface area contributed by atoms with Gasteiger partial charge in [0.15, 0.2) is 11.6 Å². The first kappa shape index (κ1) is 11.7. The molecule has 82 valence electrons. The summed E-state index contributed by atoms with van der Waals surface area (Å²) in [5, 5.41) is 17.1. The summed E-state index contributed by atoms with van der Waals surface area (Å²) in [5.41, 5.74) is -0.537. The van der Waals surface area contributed by atoms with Gasteiger partial charge in [0.05, 0.1) is 7.11 Å². The van der Waals surface area contributed by atoms with E-state index < -0.39 is 17.4 Å². The number of carboxylic acids is 1. The maximum atomic E-state index is 13.6. The van der Waals surface area contributed by atoms with Gasteiger partial charge in [0, 0.05) is 5.56 Å². The van der Waals surface area contributed by atoms with Crippen molar-refractivity contribution in [1.82, 2.24) is 0 Å². The lowest BCUT2D eigenvalue weighted by atomic mass is 10.1. The summed E-state index contributed by atoms with van der Waals surface area (Å²) >= 11 is 0. The lowest BCUT2D eigenvalue weighted by Gasteiger charge is -2.03. The normalized spacial score (nSPS) is 10.7. The minimum absolute atomic E-state index is 0.00157. The van der Waals surface area contributed by atoms with Crippen molar-refractivity contribution in [3.63, 3.8) is 0 Å². The lowest BCUT2D eigenvalue weighted by Crippen LogP contribution is -1.98. The molecule has 1 N–H and O–H groups in total. The number of nitriles is 1. The summed E-state index contributed by atoms with van der Waals surface area (Å²) in [4.78, 5) is 10.6. The average Bonchev–Trinajstić information content (AvgIpc) is 2.27. The second-order valence-corrected chi connectivity index (χ2v) is 2.84. The zero-order chi connectivity index (χ0) is 12.1. The predicted octanol–water partition coefficient (Wildman–Crippen LogP) is 1.83. The highest BCUT2D eigenvalue weighted by molar-refractivity contribution is 5.96. The molecular formula is C11H8FNO3. The van der Waals surface area contributed by atoms with E-state index in [1.807, 2.05) is 0 Å². The summed E-state index contributed by atoms with van der Waals surface area (Å²) < 4.78 is 18.3. The van der Waals surface area contributed by atoms with Gasteiger partial charge in [-0.2, -0.15) is 5.26 Å². The standard InChI is InChI=1S/C11H8FNO3/c1-16-9-4-2-3-7(10(9)12)5-8(6-13)11(14)15/h2-5H,1H3,(H,14,15)/b8-5+. The molecule has 4 nitrogen and oxygen atoms in total. The van der Waals surface area contributed by atoms with Crippen LogP contribution in [0.15, 0.2) is 23.8 Å². The third-order valence-corrected chi connectivity index (χ3v) is 1.86. The smallest absolute Gasteiger partial charge is 0.346 e. The van der Waals surface area contributed by atoms with Crippen LogP contribution in [0, 0.1) is 17.1 Å². The van der Waals surface area contributed by atoms with E-state index in [0.29, 0.717) is 0 Å². The number of aliphatic carboxylic acids is 1. The summed E-state index contributed by atoms with van der Waals surface area (Å²) in [6, 6.07) is 5.73. The molecule has 1 rings (SSSR count). The monoisotopic (exact) mass is 221 g/mol. The Morgan fingerprint density at radius 1 is 1.62 bits per heavy atom. The first-order valence-electron chi connectivity index (χ1n) is 4.27. The molecular weight excluding hydrogens is 213 g/mol. The van der Waals surface area contributed by atoms with Crippen LogP contribution < -0.4 is 4.74 Å². The summed E-state index contributed by atoms with van der Waals surface area (Å²) in [5.74, 6) is -2.10. The molecule has 0 fully saturated rings. The van der Waals surface area contributed by atoms with Crippen LogP contribution in [-0.2, 0) is 4.79 Å². The Morgan fingerprint density at radius 2 is 2.31 bits per heavy atom. The van der Waals surface area contributed by atoms with Crippen LogP contribution in [0.1, 0.15) is 5.56 Å². The molecule has 1 aromatic carbocycles. The number of rotatable bonds is 3. The number of hydrogen-bond donors (Lipinski definition) is 1. The second-order valence-electron chi connectivity index (χ2n) is 2.84. The summed E-state index contributed by atoms with van der Waals surface area (Å²) in [6.07, 6.45) is 0.959. The largest absolute Gasteiger partial charge is 0.494 e. The number of methoxy groups -OCH3 is 1.